The highest BCUT2D eigenvalue weighted by Gasteiger charge is 2.36. The van der Waals surface area contributed by atoms with E-state index >= 15 is 0 Å². The van der Waals surface area contributed by atoms with Crippen LogP contribution in [-0.2, 0) is 4.79 Å². The quantitative estimate of drug-likeness (QED) is 0.323. The third kappa shape index (κ3) is 5.93. The van der Waals surface area contributed by atoms with Crippen LogP contribution in [0.3, 0.4) is 0 Å². The minimum Gasteiger partial charge on any atom is -0.493 e. The van der Waals surface area contributed by atoms with Crippen molar-refractivity contribution < 1.29 is 33.2 Å². The van der Waals surface area contributed by atoms with Crippen LogP contribution >= 0.6 is 0 Å². The zero-order valence-electron chi connectivity index (χ0n) is 24.0. The fourth-order valence-electron chi connectivity index (χ4n) is 4.86. The molecule has 3 rings (SSSR count). The van der Waals surface area contributed by atoms with Crippen LogP contribution in [0.15, 0.2) is 35.4 Å². The average Bonchev–Trinajstić information content (AvgIpc) is 2.93. The van der Waals surface area contributed by atoms with Crippen molar-refractivity contribution in [2.75, 3.05) is 42.7 Å². The van der Waals surface area contributed by atoms with E-state index in [1.165, 1.54) is 0 Å². The lowest BCUT2D eigenvalue weighted by Crippen LogP contribution is -2.30. The van der Waals surface area contributed by atoms with Crippen LogP contribution in [0.25, 0.3) is 12.2 Å². The SMILES string of the molecule is CCC(C)(C)C1C/C(=C/c2cc(OC)c(OC)c(OC)c2)C(=O)/C(=C/c2cc(OC)c(OC)c(OC)c2)C1. The molecule has 1 aliphatic rings. The number of methoxy groups -OCH3 is 6. The number of ether oxygens (including phenoxy) is 6. The van der Waals surface area contributed by atoms with Gasteiger partial charge in [0, 0.05) is 11.1 Å². The fraction of sp³-hybridized carbons (Fsp3) is 0.452. The van der Waals surface area contributed by atoms with E-state index in [9.17, 15) is 4.79 Å². The number of benzene rings is 2. The van der Waals surface area contributed by atoms with Gasteiger partial charge in [-0.25, -0.2) is 0 Å². The highest BCUT2D eigenvalue weighted by molar-refractivity contribution is 6.14. The second kappa shape index (κ2) is 12.3. The summed E-state index contributed by atoms with van der Waals surface area (Å²) < 4.78 is 33.0. The van der Waals surface area contributed by atoms with E-state index in [4.69, 9.17) is 28.4 Å². The second-order valence-corrected chi connectivity index (χ2v) is 10.0. The molecule has 0 aromatic heterocycles. The zero-order valence-corrected chi connectivity index (χ0v) is 24.0. The molecule has 0 spiro atoms. The van der Waals surface area contributed by atoms with Crippen LogP contribution in [0, 0.1) is 11.3 Å². The van der Waals surface area contributed by atoms with Crippen LogP contribution in [-0.4, -0.2) is 48.4 Å². The summed E-state index contributed by atoms with van der Waals surface area (Å²) in [5, 5.41) is 0. The van der Waals surface area contributed by atoms with E-state index in [-0.39, 0.29) is 17.1 Å². The third-order valence-corrected chi connectivity index (χ3v) is 7.59. The number of ketones is 1. The maximum Gasteiger partial charge on any atom is 0.203 e. The lowest BCUT2D eigenvalue weighted by atomic mass is 9.66. The topological polar surface area (TPSA) is 72.5 Å². The lowest BCUT2D eigenvalue weighted by Gasteiger charge is -2.38. The van der Waals surface area contributed by atoms with E-state index in [2.05, 4.69) is 20.8 Å². The van der Waals surface area contributed by atoms with Crippen LogP contribution in [0.4, 0.5) is 0 Å². The number of allylic oxidation sites excluding steroid dienone is 2. The van der Waals surface area contributed by atoms with Gasteiger partial charge in [-0.2, -0.15) is 0 Å². The van der Waals surface area contributed by atoms with Crippen LogP contribution in [0.5, 0.6) is 34.5 Å². The first-order valence-corrected chi connectivity index (χ1v) is 12.7. The average molecular weight is 525 g/mol. The summed E-state index contributed by atoms with van der Waals surface area (Å²) in [5.74, 6) is 3.50. The van der Waals surface area contributed by atoms with Gasteiger partial charge in [0.15, 0.2) is 28.8 Å². The standard InChI is InChI=1S/C31H40O7/c1-10-31(2,3)23-17-21(11-19-13-24(33-4)29(37-8)25(14-19)34-5)28(32)22(18-23)12-20-15-26(35-6)30(38-9)27(16-20)36-7/h11-16,23H,10,17-18H2,1-9H3/b21-11-,22-12+. The normalized spacial score (nSPS) is 17.9. The molecule has 0 heterocycles. The number of rotatable bonds is 10. The number of carbonyl (C=O) groups is 1. The summed E-state index contributed by atoms with van der Waals surface area (Å²) in [6.07, 6.45) is 6.24. The molecule has 0 bridgehead atoms. The molecule has 1 fully saturated rings. The summed E-state index contributed by atoms with van der Waals surface area (Å²) in [4.78, 5) is 13.8. The van der Waals surface area contributed by atoms with Crippen molar-refractivity contribution in [2.45, 2.75) is 40.0 Å². The third-order valence-electron chi connectivity index (χ3n) is 7.59. The Morgan fingerprint density at radius 2 is 1.03 bits per heavy atom. The minimum atomic E-state index is 0.0238. The number of hydrogen-bond donors (Lipinski definition) is 0. The van der Waals surface area contributed by atoms with Crippen LogP contribution < -0.4 is 28.4 Å². The Balaban J connectivity index is 2.15. The Morgan fingerprint density at radius 1 is 0.684 bits per heavy atom. The van der Waals surface area contributed by atoms with Crippen LogP contribution in [0.2, 0.25) is 0 Å². The van der Waals surface area contributed by atoms with Crippen molar-refractivity contribution >= 4 is 17.9 Å². The minimum absolute atomic E-state index is 0.0238. The molecule has 206 valence electrons. The molecular formula is C31H40O7. The Morgan fingerprint density at radius 3 is 1.29 bits per heavy atom. The summed E-state index contributed by atoms with van der Waals surface area (Å²) in [5.41, 5.74) is 3.16. The van der Waals surface area contributed by atoms with Crippen molar-refractivity contribution in [3.05, 3.63) is 46.5 Å². The molecule has 0 radical (unpaired) electrons. The van der Waals surface area contributed by atoms with Crippen molar-refractivity contribution in [3.8, 4) is 34.5 Å². The first-order chi connectivity index (χ1) is 18.2. The van der Waals surface area contributed by atoms with E-state index < -0.39 is 0 Å². The molecule has 1 saturated carbocycles. The Bertz CT molecular complexity index is 1090. The smallest absolute Gasteiger partial charge is 0.203 e. The molecule has 1 unspecified atom stereocenters. The van der Waals surface area contributed by atoms with Crippen LogP contribution in [0.1, 0.15) is 51.2 Å². The maximum absolute atomic E-state index is 13.8. The molecule has 7 nitrogen and oxygen atoms in total. The number of carbonyl (C=O) groups excluding carboxylic acids is 1. The molecule has 0 amide bonds. The van der Waals surface area contributed by atoms with Gasteiger partial charge in [-0.15, -0.1) is 0 Å². The Labute approximate surface area is 226 Å². The molecule has 1 aliphatic carbocycles. The summed E-state index contributed by atoms with van der Waals surface area (Å²) in [6, 6.07) is 7.44. The summed E-state index contributed by atoms with van der Waals surface area (Å²) in [6.45, 7) is 6.73. The number of hydrogen-bond acceptors (Lipinski definition) is 7. The predicted molar refractivity (Wildman–Crippen MR) is 150 cm³/mol. The zero-order chi connectivity index (χ0) is 28.0. The van der Waals surface area contributed by atoms with Gasteiger partial charge in [0.1, 0.15) is 0 Å². The molecule has 1 atom stereocenters. The van der Waals surface area contributed by atoms with Gasteiger partial charge >= 0.3 is 0 Å². The monoisotopic (exact) mass is 524 g/mol. The van der Waals surface area contributed by atoms with Gasteiger partial charge in [-0.05, 0) is 71.7 Å². The maximum atomic E-state index is 13.8. The molecule has 7 heteroatoms. The van der Waals surface area contributed by atoms with Crippen molar-refractivity contribution in [1.82, 2.24) is 0 Å². The van der Waals surface area contributed by atoms with E-state index in [1.54, 1.807) is 42.7 Å². The van der Waals surface area contributed by atoms with Crippen molar-refractivity contribution in [2.24, 2.45) is 11.3 Å². The molecule has 0 saturated heterocycles. The molecule has 2 aromatic rings. The molecule has 2 aromatic carbocycles. The molecule has 38 heavy (non-hydrogen) atoms. The highest BCUT2D eigenvalue weighted by atomic mass is 16.5. The summed E-state index contributed by atoms with van der Waals surface area (Å²) >= 11 is 0. The molecule has 0 aliphatic heterocycles. The fourth-order valence-corrected chi connectivity index (χ4v) is 4.86. The largest absolute Gasteiger partial charge is 0.493 e. The first-order valence-electron chi connectivity index (χ1n) is 12.7. The molecule has 0 N–H and O–H groups in total. The van der Waals surface area contributed by atoms with Gasteiger partial charge in [0.05, 0.1) is 42.7 Å². The van der Waals surface area contributed by atoms with Gasteiger partial charge in [0.2, 0.25) is 11.5 Å². The first kappa shape index (κ1) is 29.0. The van der Waals surface area contributed by atoms with Gasteiger partial charge < -0.3 is 28.4 Å². The Hall–Kier alpha value is -3.61. The second-order valence-electron chi connectivity index (χ2n) is 10.0. The van der Waals surface area contributed by atoms with Crippen molar-refractivity contribution in [1.29, 1.82) is 0 Å². The molecular weight excluding hydrogens is 484 g/mol. The van der Waals surface area contributed by atoms with Gasteiger partial charge in [0.25, 0.3) is 0 Å². The van der Waals surface area contributed by atoms with Gasteiger partial charge in [-0.3, -0.25) is 4.79 Å². The summed E-state index contributed by atoms with van der Waals surface area (Å²) in [7, 11) is 9.47. The van der Waals surface area contributed by atoms with E-state index in [0.717, 1.165) is 28.7 Å². The van der Waals surface area contributed by atoms with Gasteiger partial charge in [-0.1, -0.05) is 27.2 Å². The van der Waals surface area contributed by atoms with E-state index in [1.807, 2.05) is 36.4 Å². The van der Waals surface area contributed by atoms with Crippen molar-refractivity contribution in [3.63, 3.8) is 0 Å². The number of Topliss-reactive ketones (excluding diaryl/α,β-unsaturated/α-hetero) is 1. The lowest BCUT2D eigenvalue weighted by molar-refractivity contribution is -0.113. The predicted octanol–water partition coefficient (Wildman–Crippen LogP) is 6.62. The van der Waals surface area contributed by atoms with E-state index in [0.29, 0.717) is 47.3 Å². The Kier molecular flexibility index (Phi) is 9.36. The highest BCUT2D eigenvalue weighted by Crippen LogP contribution is 2.46.